The Hall–Kier alpha value is -2.70. The van der Waals surface area contributed by atoms with Gasteiger partial charge in [0.15, 0.2) is 5.96 Å². The van der Waals surface area contributed by atoms with E-state index in [0.717, 1.165) is 5.56 Å². The Labute approximate surface area is 137 Å². The molecule has 0 radical (unpaired) electrons. The van der Waals surface area contributed by atoms with E-state index in [1.807, 2.05) is 30.3 Å². The van der Waals surface area contributed by atoms with Gasteiger partial charge < -0.3 is 15.4 Å². The molecular weight excluding hydrogens is 319 g/mol. The molecule has 4 nitrogen and oxygen atoms in total. The lowest BCUT2D eigenvalue weighted by atomic mass is 10.0. The molecule has 1 heterocycles. The molecule has 2 aromatic rings. The summed E-state index contributed by atoms with van der Waals surface area (Å²) in [5, 5.41) is 0. The molecule has 126 valence electrons. The number of para-hydroxylation sites is 1. The van der Waals surface area contributed by atoms with Crippen LogP contribution in [0.1, 0.15) is 17.2 Å². The molecule has 0 spiro atoms. The fourth-order valence-corrected chi connectivity index (χ4v) is 2.74. The average molecular weight is 335 g/mol. The van der Waals surface area contributed by atoms with Crippen LogP contribution in [0.5, 0.6) is 5.75 Å². The van der Waals surface area contributed by atoms with Crippen LogP contribution >= 0.6 is 0 Å². The van der Waals surface area contributed by atoms with Gasteiger partial charge in [-0.25, -0.2) is 0 Å². The number of hydrogen-bond donors (Lipinski definition) is 1. The van der Waals surface area contributed by atoms with Gasteiger partial charge in [0.25, 0.3) is 0 Å². The van der Waals surface area contributed by atoms with Gasteiger partial charge in [-0.3, -0.25) is 4.99 Å². The fraction of sp³-hybridized carbons (Fsp3) is 0.235. The van der Waals surface area contributed by atoms with Crippen molar-refractivity contribution in [3.63, 3.8) is 0 Å². The number of alkyl halides is 3. The van der Waals surface area contributed by atoms with E-state index in [9.17, 15) is 13.2 Å². The first-order valence-electron chi connectivity index (χ1n) is 7.39. The Morgan fingerprint density at radius 1 is 1.08 bits per heavy atom. The summed E-state index contributed by atoms with van der Waals surface area (Å²) < 4.78 is 42.1. The maximum atomic E-state index is 12.6. The molecule has 0 amide bonds. The highest BCUT2D eigenvalue weighted by atomic mass is 19.4. The van der Waals surface area contributed by atoms with E-state index in [1.165, 1.54) is 12.1 Å². The molecule has 0 aromatic heterocycles. The molecule has 1 aliphatic rings. The summed E-state index contributed by atoms with van der Waals surface area (Å²) in [6.45, 7) is 0.748. The van der Waals surface area contributed by atoms with Crippen molar-refractivity contribution >= 4 is 5.96 Å². The lowest BCUT2D eigenvalue weighted by molar-refractivity contribution is -0.275. The summed E-state index contributed by atoms with van der Waals surface area (Å²) in [6, 6.07) is 15.2. The van der Waals surface area contributed by atoms with Gasteiger partial charge in [-0.2, -0.15) is 0 Å². The van der Waals surface area contributed by atoms with Crippen molar-refractivity contribution in [1.29, 1.82) is 0 Å². The predicted molar refractivity (Wildman–Crippen MR) is 84.3 cm³/mol. The number of rotatable bonds is 4. The number of benzene rings is 2. The number of nitrogens with zero attached hydrogens (tertiary/aromatic N) is 2. The third-order valence-corrected chi connectivity index (χ3v) is 3.80. The largest absolute Gasteiger partial charge is 0.573 e. The summed E-state index contributed by atoms with van der Waals surface area (Å²) in [5.74, 6) is 0.0867. The number of hydrogen-bond acceptors (Lipinski definition) is 4. The topological polar surface area (TPSA) is 50.9 Å². The smallest absolute Gasteiger partial charge is 0.405 e. The molecule has 3 rings (SSSR count). The Kier molecular flexibility index (Phi) is 4.33. The third kappa shape index (κ3) is 3.61. The van der Waals surface area contributed by atoms with Crippen molar-refractivity contribution in [3.8, 4) is 5.75 Å². The van der Waals surface area contributed by atoms with E-state index in [0.29, 0.717) is 18.1 Å². The maximum absolute atomic E-state index is 12.6. The highest BCUT2D eigenvalue weighted by molar-refractivity contribution is 5.80. The predicted octanol–water partition coefficient (Wildman–Crippen LogP) is 3.46. The second-order valence-corrected chi connectivity index (χ2v) is 5.41. The van der Waals surface area contributed by atoms with Crippen LogP contribution in [0.15, 0.2) is 59.6 Å². The monoisotopic (exact) mass is 335 g/mol. The number of ether oxygens (including phenoxy) is 1. The van der Waals surface area contributed by atoms with E-state index in [4.69, 9.17) is 5.73 Å². The summed E-state index contributed by atoms with van der Waals surface area (Å²) in [6.07, 6.45) is -4.74. The standard InChI is InChI=1S/C17H16F3N3O/c18-17(19,20)24-15-9-5-4-8-13(15)14-10-22-16(21)23(14)11-12-6-2-1-3-7-12/h1-9,14H,10-11H2,(H2,21,22). The zero-order valence-electron chi connectivity index (χ0n) is 12.7. The molecule has 0 fully saturated rings. The van der Waals surface area contributed by atoms with Crippen LogP contribution in [0, 0.1) is 0 Å². The van der Waals surface area contributed by atoms with Crippen LogP contribution in [-0.4, -0.2) is 23.8 Å². The normalized spacial score (nSPS) is 17.7. The summed E-state index contributed by atoms with van der Waals surface area (Å²) >= 11 is 0. The molecule has 1 unspecified atom stereocenters. The number of halogens is 3. The van der Waals surface area contributed by atoms with Crippen molar-refractivity contribution in [2.75, 3.05) is 6.54 Å². The van der Waals surface area contributed by atoms with Gasteiger partial charge in [0.05, 0.1) is 12.6 Å². The fourth-order valence-electron chi connectivity index (χ4n) is 2.74. The van der Waals surface area contributed by atoms with Crippen molar-refractivity contribution in [3.05, 3.63) is 65.7 Å². The minimum Gasteiger partial charge on any atom is -0.405 e. The molecule has 0 aliphatic carbocycles. The average Bonchev–Trinajstić information content (AvgIpc) is 2.88. The van der Waals surface area contributed by atoms with Gasteiger partial charge in [-0.05, 0) is 11.6 Å². The van der Waals surface area contributed by atoms with Crippen LogP contribution in [0.3, 0.4) is 0 Å². The molecule has 24 heavy (non-hydrogen) atoms. The first-order chi connectivity index (χ1) is 11.4. The molecule has 2 aromatic carbocycles. The second-order valence-electron chi connectivity index (χ2n) is 5.41. The van der Waals surface area contributed by atoms with Crippen LogP contribution in [0.2, 0.25) is 0 Å². The van der Waals surface area contributed by atoms with E-state index in [1.54, 1.807) is 17.0 Å². The quantitative estimate of drug-likeness (QED) is 0.931. The SMILES string of the molecule is NC1=NCC(c2ccccc2OC(F)(F)F)N1Cc1ccccc1. The second kappa shape index (κ2) is 6.43. The van der Waals surface area contributed by atoms with Gasteiger partial charge in [-0.1, -0.05) is 48.5 Å². The number of nitrogens with two attached hydrogens (primary N) is 1. The minimum absolute atomic E-state index is 0.224. The summed E-state index contributed by atoms with van der Waals surface area (Å²) in [5.41, 5.74) is 7.35. The van der Waals surface area contributed by atoms with Crippen molar-refractivity contribution < 1.29 is 17.9 Å². The molecule has 2 N–H and O–H groups in total. The van der Waals surface area contributed by atoms with Gasteiger partial charge in [0.2, 0.25) is 0 Å². The molecule has 0 saturated heterocycles. The van der Waals surface area contributed by atoms with Gasteiger partial charge in [-0.15, -0.1) is 13.2 Å². The Bertz CT molecular complexity index is 731. The summed E-state index contributed by atoms with van der Waals surface area (Å²) in [7, 11) is 0. The lowest BCUT2D eigenvalue weighted by Crippen LogP contribution is -2.35. The Morgan fingerprint density at radius 2 is 1.75 bits per heavy atom. The Balaban J connectivity index is 1.88. The lowest BCUT2D eigenvalue weighted by Gasteiger charge is -2.28. The first kappa shape index (κ1) is 16.2. The van der Waals surface area contributed by atoms with E-state index in [2.05, 4.69) is 9.73 Å². The molecule has 0 bridgehead atoms. The van der Waals surface area contributed by atoms with Crippen LogP contribution in [0.4, 0.5) is 13.2 Å². The van der Waals surface area contributed by atoms with Crippen molar-refractivity contribution in [2.24, 2.45) is 10.7 Å². The molecular formula is C17H16F3N3O. The number of guanidine groups is 1. The molecule has 7 heteroatoms. The van der Waals surface area contributed by atoms with Crippen molar-refractivity contribution in [1.82, 2.24) is 4.90 Å². The van der Waals surface area contributed by atoms with Crippen LogP contribution < -0.4 is 10.5 Å². The highest BCUT2D eigenvalue weighted by Crippen LogP contribution is 2.35. The van der Waals surface area contributed by atoms with E-state index < -0.39 is 12.4 Å². The van der Waals surface area contributed by atoms with Crippen LogP contribution in [0.25, 0.3) is 0 Å². The van der Waals surface area contributed by atoms with Crippen LogP contribution in [-0.2, 0) is 6.54 Å². The zero-order chi connectivity index (χ0) is 17.2. The van der Waals surface area contributed by atoms with Gasteiger partial charge >= 0.3 is 6.36 Å². The molecule has 1 atom stereocenters. The van der Waals surface area contributed by atoms with E-state index in [-0.39, 0.29) is 12.3 Å². The highest BCUT2D eigenvalue weighted by Gasteiger charge is 2.35. The molecule has 1 aliphatic heterocycles. The van der Waals surface area contributed by atoms with Gasteiger partial charge in [0.1, 0.15) is 5.75 Å². The van der Waals surface area contributed by atoms with E-state index >= 15 is 0 Å². The molecule has 0 saturated carbocycles. The maximum Gasteiger partial charge on any atom is 0.573 e. The number of aliphatic imine (C=N–C) groups is 1. The third-order valence-electron chi connectivity index (χ3n) is 3.80. The van der Waals surface area contributed by atoms with Crippen molar-refractivity contribution in [2.45, 2.75) is 18.9 Å². The van der Waals surface area contributed by atoms with Gasteiger partial charge in [0, 0.05) is 12.1 Å². The zero-order valence-corrected chi connectivity index (χ0v) is 12.7. The first-order valence-corrected chi connectivity index (χ1v) is 7.39. The summed E-state index contributed by atoms with van der Waals surface area (Å²) in [4.78, 5) is 5.98. The Morgan fingerprint density at radius 3 is 2.46 bits per heavy atom. The minimum atomic E-state index is -4.74.